The molecule has 1 aromatic carbocycles. The molecule has 5 heteroatoms. The van der Waals surface area contributed by atoms with Crippen LogP contribution in [0.1, 0.15) is 18.4 Å². The minimum atomic E-state index is -0.433. The SMILES string of the molecule is N#C/C(=C\C(Cl)=C\c1ccccc1)C(=O)NC[C@H]1CCCO1. The molecule has 0 aromatic heterocycles. The van der Waals surface area contributed by atoms with Crippen molar-refractivity contribution in [3.05, 3.63) is 52.6 Å². The molecule has 4 nitrogen and oxygen atoms in total. The first-order valence-electron chi connectivity index (χ1n) is 7.13. The molecule has 1 aromatic rings. The molecule has 0 spiro atoms. The maximum absolute atomic E-state index is 12.0. The lowest BCUT2D eigenvalue weighted by atomic mass is 10.2. The van der Waals surface area contributed by atoms with Crippen molar-refractivity contribution >= 4 is 23.6 Å². The first kappa shape index (κ1) is 16.3. The smallest absolute Gasteiger partial charge is 0.262 e. The van der Waals surface area contributed by atoms with Gasteiger partial charge >= 0.3 is 0 Å². The van der Waals surface area contributed by atoms with E-state index in [-0.39, 0.29) is 11.7 Å². The summed E-state index contributed by atoms with van der Waals surface area (Å²) in [6.45, 7) is 1.14. The van der Waals surface area contributed by atoms with Crippen molar-refractivity contribution in [3.8, 4) is 6.07 Å². The van der Waals surface area contributed by atoms with E-state index in [2.05, 4.69) is 5.32 Å². The number of benzene rings is 1. The maximum atomic E-state index is 12.0. The Morgan fingerprint density at radius 2 is 2.23 bits per heavy atom. The lowest BCUT2D eigenvalue weighted by molar-refractivity contribution is -0.117. The minimum Gasteiger partial charge on any atom is -0.376 e. The van der Waals surface area contributed by atoms with Gasteiger partial charge < -0.3 is 10.1 Å². The number of nitriles is 1. The summed E-state index contributed by atoms with van der Waals surface area (Å²) in [6, 6.07) is 11.3. The first-order valence-corrected chi connectivity index (χ1v) is 7.50. The monoisotopic (exact) mass is 316 g/mol. The molecule has 0 saturated carbocycles. The van der Waals surface area contributed by atoms with E-state index in [1.54, 1.807) is 6.08 Å². The quantitative estimate of drug-likeness (QED) is 0.516. The van der Waals surface area contributed by atoms with E-state index in [0.29, 0.717) is 11.6 Å². The highest BCUT2D eigenvalue weighted by Gasteiger charge is 2.17. The molecule has 114 valence electrons. The predicted molar refractivity (Wildman–Crippen MR) is 86.0 cm³/mol. The third kappa shape index (κ3) is 5.03. The Kier molecular flexibility index (Phi) is 6.20. The van der Waals surface area contributed by atoms with E-state index in [9.17, 15) is 4.79 Å². The van der Waals surface area contributed by atoms with Crippen molar-refractivity contribution in [1.29, 1.82) is 5.26 Å². The number of hydrogen-bond donors (Lipinski definition) is 1. The van der Waals surface area contributed by atoms with Crippen LogP contribution in [-0.2, 0) is 9.53 Å². The van der Waals surface area contributed by atoms with E-state index in [1.165, 1.54) is 6.08 Å². The number of nitrogens with zero attached hydrogens (tertiary/aromatic N) is 1. The number of ether oxygens (including phenoxy) is 1. The van der Waals surface area contributed by atoms with Crippen LogP contribution in [0.3, 0.4) is 0 Å². The van der Waals surface area contributed by atoms with E-state index < -0.39 is 5.91 Å². The molecule has 1 saturated heterocycles. The van der Waals surface area contributed by atoms with E-state index >= 15 is 0 Å². The highest BCUT2D eigenvalue weighted by molar-refractivity contribution is 6.33. The Balaban J connectivity index is 1.98. The number of carbonyl (C=O) groups is 1. The Hall–Kier alpha value is -2.09. The van der Waals surface area contributed by atoms with Crippen molar-refractivity contribution < 1.29 is 9.53 Å². The fraction of sp³-hybridized carbons (Fsp3) is 0.294. The van der Waals surface area contributed by atoms with Gasteiger partial charge in [-0.25, -0.2) is 0 Å². The molecule has 22 heavy (non-hydrogen) atoms. The van der Waals surface area contributed by atoms with Gasteiger partial charge in [0.05, 0.1) is 6.10 Å². The van der Waals surface area contributed by atoms with Gasteiger partial charge in [0.15, 0.2) is 0 Å². The summed E-state index contributed by atoms with van der Waals surface area (Å²) in [6.07, 6.45) is 5.05. The molecule has 1 heterocycles. The van der Waals surface area contributed by atoms with Gasteiger partial charge in [0, 0.05) is 18.2 Å². The first-order chi connectivity index (χ1) is 10.7. The second kappa shape index (κ2) is 8.38. The van der Waals surface area contributed by atoms with Gasteiger partial charge in [0.1, 0.15) is 11.6 Å². The standard InChI is InChI=1S/C17H17ClN2O2/c18-15(9-13-5-2-1-3-6-13)10-14(11-19)17(21)20-12-16-7-4-8-22-16/h1-3,5-6,9-10,16H,4,7-8,12H2,(H,20,21)/b14-10+,15-9-/t16-/m1/s1. The number of amides is 1. The van der Waals surface area contributed by atoms with Crippen LogP contribution in [-0.4, -0.2) is 25.2 Å². The normalized spacial score (nSPS) is 18.8. The largest absolute Gasteiger partial charge is 0.376 e. The van der Waals surface area contributed by atoms with Crippen LogP contribution in [0.15, 0.2) is 47.0 Å². The van der Waals surface area contributed by atoms with Crippen LogP contribution in [0.25, 0.3) is 6.08 Å². The van der Waals surface area contributed by atoms with E-state index in [4.69, 9.17) is 21.6 Å². The second-order valence-corrected chi connectivity index (χ2v) is 5.39. The van der Waals surface area contributed by atoms with Crippen molar-refractivity contribution in [2.75, 3.05) is 13.2 Å². The van der Waals surface area contributed by atoms with Gasteiger partial charge in [-0.2, -0.15) is 5.26 Å². The van der Waals surface area contributed by atoms with Crippen LogP contribution in [0, 0.1) is 11.3 Å². The van der Waals surface area contributed by atoms with Gasteiger partial charge in [0.2, 0.25) is 0 Å². The summed E-state index contributed by atoms with van der Waals surface area (Å²) in [7, 11) is 0. The molecule has 0 radical (unpaired) electrons. The van der Waals surface area contributed by atoms with Gasteiger partial charge in [-0.3, -0.25) is 4.79 Å². The van der Waals surface area contributed by atoms with E-state index in [0.717, 1.165) is 25.0 Å². The number of allylic oxidation sites excluding steroid dienone is 2. The van der Waals surface area contributed by atoms with Crippen LogP contribution < -0.4 is 5.32 Å². The summed E-state index contributed by atoms with van der Waals surface area (Å²) >= 11 is 6.09. The molecule has 1 fully saturated rings. The van der Waals surface area contributed by atoms with Crippen LogP contribution >= 0.6 is 11.6 Å². The fourth-order valence-electron chi connectivity index (χ4n) is 2.14. The Morgan fingerprint density at radius 1 is 1.45 bits per heavy atom. The lowest BCUT2D eigenvalue weighted by Gasteiger charge is -2.10. The number of carbonyl (C=O) groups excluding carboxylic acids is 1. The van der Waals surface area contributed by atoms with Crippen LogP contribution in [0.4, 0.5) is 0 Å². The molecule has 1 aliphatic heterocycles. The maximum Gasteiger partial charge on any atom is 0.262 e. The number of halogens is 1. The van der Waals surface area contributed by atoms with Gasteiger partial charge in [0.25, 0.3) is 5.91 Å². The summed E-state index contributed by atoms with van der Waals surface area (Å²) in [5.74, 6) is -0.433. The predicted octanol–water partition coefficient (Wildman–Crippen LogP) is 3.01. The van der Waals surface area contributed by atoms with Crippen molar-refractivity contribution in [2.45, 2.75) is 18.9 Å². The Labute approximate surface area is 135 Å². The van der Waals surface area contributed by atoms with Gasteiger partial charge in [-0.15, -0.1) is 0 Å². The molecule has 1 N–H and O–H groups in total. The molecule has 1 aliphatic rings. The zero-order valence-electron chi connectivity index (χ0n) is 12.1. The molecule has 1 amide bonds. The zero-order chi connectivity index (χ0) is 15.8. The lowest BCUT2D eigenvalue weighted by Crippen LogP contribution is -2.32. The van der Waals surface area contributed by atoms with Crippen LogP contribution in [0.2, 0.25) is 0 Å². The number of nitrogens with one attached hydrogen (secondary N) is 1. The third-order valence-corrected chi connectivity index (χ3v) is 3.48. The third-order valence-electron chi connectivity index (χ3n) is 3.27. The Morgan fingerprint density at radius 3 is 2.86 bits per heavy atom. The molecule has 0 unspecified atom stereocenters. The molecular formula is C17H17ClN2O2. The summed E-state index contributed by atoms with van der Waals surface area (Å²) in [5.41, 5.74) is 0.885. The van der Waals surface area contributed by atoms with Crippen molar-refractivity contribution in [2.24, 2.45) is 0 Å². The van der Waals surface area contributed by atoms with Crippen molar-refractivity contribution in [3.63, 3.8) is 0 Å². The van der Waals surface area contributed by atoms with Gasteiger partial charge in [-0.1, -0.05) is 41.9 Å². The zero-order valence-corrected chi connectivity index (χ0v) is 12.8. The second-order valence-electron chi connectivity index (χ2n) is 4.95. The average Bonchev–Trinajstić information content (AvgIpc) is 3.04. The topological polar surface area (TPSA) is 62.1 Å². The molecule has 0 bridgehead atoms. The van der Waals surface area contributed by atoms with E-state index in [1.807, 2.05) is 36.4 Å². The van der Waals surface area contributed by atoms with Crippen LogP contribution in [0.5, 0.6) is 0 Å². The number of rotatable bonds is 5. The Bertz CT molecular complexity index is 611. The van der Waals surface area contributed by atoms with Crippen molar-refractivity contribution in [1.82, 2.24) is 5.32 Å². The highest BCUT2D eigenvalue weighted by atomic mass is 35.5. The summed E-state index contributed by atoms with van der Waals surface area (Å²) < 4.78 is 5.42. The minimum absolute atomic E-state index is 0.0184. The van der Waals surface area contributed by atoms with Gasteiger partial charge in [-0.05, 0) is 30.6 Å². The number of hydrogen-bond acceptors (Lipinski definition) is 3. The summed E-state index contributed by atoms with van der Waals surface area (Å²) in [4.78, 5) is 12.0. The average molecular weight is 317 g/mol. The molecule has 0 aliphatic carbocycles. The fourth-order valence-corrected chi connectivity index (χ4v) is 2.38. The molecular weight excluding hydrogens is 300 g/mol. The molecule has 1 atom stereocenters. The highest BCUT2D eigenvalue weighted by Crippen LogP contribution is 2.14. The molecule has 2 rings (SSSR count). The summed E-state index contributed by atoms with van der Waals surface area (Å²) in [5, 5.41) is 12.1.